The first-order chi connectivity index (χ1) is 8.22. The lowest BCUT2D eigenvalue weighted by molar-refractivity contribution is -0.133. The second-order valence-electron chi connectivity index (χ2n) is 5.43. The number of rotatable bonds is 3. The van der Waals surface area contributed by atoms with Crippen molar-refractivity contribution in [2.45, 2.75) is 51.1 Å². The average Bonchev–Trinajstić information content (AvgIpc) is 2.85. The van der Waals surface area contributed by atoms with Gasteiger partial charge in [0, 0.05) is 31.7 Å². The first-order valence-corrected chi connectivity index (χ1v) is 6.96. The number of hydrogen-bond donors (Lipinski definition) is 1. The van der Waals surface area contributed by atoms with Gasteiger partial charge in [0.05, 0.1) is 6.54 Å². The summed E-state index contributed by atoms with van der Waals surface area (Å²) in [6.45, 7) is 5.38. The van der Waals surface area contributed by atoms with Crippen LogP contribution in [-0.2, 0) is 4.79 Å². The highest BCUT2D eigenvalue weighted by molar-refractivity contribution is 5.78. The van der Waals surface area contributed by atoms with E-state index in [1.54, 1.807) is 0 Å². The van der Waals surface area contributed by atoms with Crippen molar-refractivity contribution >= 4 is 5.91 Å². The molecule has 4 heteroatoms. The van der Waals surface area contributed by atoms with E-state index in [2.05, 4.69) is 11.8 Å². The Morgan fingerprint density at radius 1 is 1.24 bits per heavy atom. The maximum atomic E-state index is 12.2. The molecular weight excluding hydrogens is 214 g/mol. The Balaban J connectivity index is 1.92. The molecule has 0 aromatic heterocycles. The fourth-order valence-electron chi connectivity index (χ4n) is 3.10. The van der Waals surface area contributed by atoms with Crippen molar-refractivity contribution in [2.24, 2.45) is 5.73 Å². The topological polar surface area (TPSA) is 49.6 Å². The maximum Gasteiger partial charge on any atom is 0.236 e. The second-order valence-corrected chi connectivity index (χ2v) is 5.43. The molecule has 4 nitrogen and oxygen atoms in total. The van der Waals surface area contributed by atoms with Crippen LogP contribution in [0.15, 0.2) is 0 Å². The smallest absolute Gasteiger partial charge is 0.236 e. The van der Waals surface area contributed by atoms with E-state index in [4.69, 9.17) is 5.73 Å². The maximum absolute atomic E-state index is 12.2. The molecule has 1 amide bonds. The van der Waals surface area contributed by atoms with Crippen molar-refractivity contribution in [1.29, 1.82) is 0 Å². The van der Waals surface area contributed by atoms with Crippen LogP contribution in [0.4, 0.5) is 0 Å². The van der Waals surface area contributed by atoms with Gasteiger partial charge in [0.25, 0.3) is 0 Å². The molecule has 2 atom stereocenters. The predicted molar refractivity (Wildman–Crippen MR) is 68.7 cm³/mol. The molecule has 0 aromatic rings. The molecule has 0 radical (unpaired) electrons. The first kappa shape index (κ1) is 12.8. The van der Waals surface area contributed by atoms with Gasteiger partial charge in [0.2, 0.25) is 5.91 Å². The zero-order valence-electron chi connectivity index (χ0n) is 10.9. The standard InChI is InChI=1S/C13H25N3O/c1-11-5-4-6-12(9-14)16(11)10-13(17)15-7-2-3-8-15/h11-12H,2-10,14H2,1H3. The molecule has 2 unspecified atom stereocenters. The Bertz CT molecular complexity index is 263. The Kier molecular flexibility index (Phi) is 4.40. The molecule has 2 heterocycles. The van der Waals surface area contributed by atoms with Gasteiger partial charge in [-0.15, -0.1) is 0 Å². The van der Waals surface area contributed by atoms with Crippen LogP contribution in [0.2, 0.25) is 0 Å². The summed E-state index contributed by atoms with van der Waals surface area (Å²) in [5, 5.41) is 0. The summed E-state index contributed by atoms with van der Waals surface area (Å²) >= 11 is 0. The van der Waals surface area contributed by atoms with Gasteiger partial charge >= 0.3 is 0 Å². The van der Waals surface area contributed by atoms with Crippen LogP contribution in [0, 0.1) is 0 Å². The number of carbonyl (C=O) groups excluding carboxylic acids is 1. The van der Waals surface area contributed by atoms with Crippen molar-refractivity contribution in [3.8, 4) is 0 Å². The molecule has 2 N–H and O–H groups in total. The fourth-order valence-corrected chi connectivity index (χ4v) is 3.10. The Morgan fingerprint density at radius 3 is 2.59 bits per heavy atom. The van der Waals surface area contributed by atoms with Gasteiger partial charge in [-0.05, 0) is 32.6 Å². The number of hydrogen-bond acceptors (Lipinski definition) is 3. The largest absolute Gasteiger partial charge is 0.342 e. The number of nitrogens with two attached hydrogens (primary N) is 1. The molecule has 2 fully saturated rings. The number of likely N-dealkylation sites (tertiary alicyclic amines) is 2. The monoisotopic (exact) mass is 239 g/mol. The molecule has 0 bridgehead atoms. The average molecular weight is 239 g/mol. The van der Waals surface area contributed by atoms with Gasteiger partial charge in [0.1, 0.15) is 0 Å². The van der Waals surface area contributed by atoms with E-state index in [9.17, 15) is 4.79 Å². The van der Waals surface area contributed by atoms with E-state index in [1.807, 2.05) is 4.90 Å². The summed E-state index contributed by atoms with van der Waals surface area (Å²) in [5.74, 6) is 0.301. The number of carbonyl (C=O) groups is 1. The van der Waals surface area contributed by atoms with Crippen LogP contribution >= 0.6 is 0 Å². The highest BCUT2D eigenvalue weighted by atomic mass is 16.2. The Labute approximate surface area is 104 Å². The summed E-state index contributed by atoms with van der Waals surface area (Å²) in [5.41, 5.74) is 5.82. The van der Waals surface area contributed by atoms with Crippen LogP contribution in [0.3, 0.4) is 0 Å². The van der Waals surface area contributed by atoms with Crippen LogP contribution in [0.25, 0.3) is 0 Å². The summed E-state index contributed by atoms with van der Waals surface area (Å²) in [7, 11) is 0. The van der Waals surface area contributed by atoms with Crippen LogP contribution < -0.4 is 5.73 Å². The third kappa shape index (κ3) is 2.99. The van der Waals surface area contributed by atoms with Gasteiger partial charge in [-0.3, -0.25) is 9.69 Å². The lowest BCUT2D eigenvalue weighted by atomic mass is 9.96. The molecule has 98 valence electrons. The minimum absolute atomic E-state index is 0.301. The summed E-state index contributed by atoms with van der Waals surface area (Å²) < 4.78 is 0. The third-order valence-corrected chi connectivity index (χ3v) is 4.24. The number of nitrogens with zero attached hydrogens (tertiary/aromatic N) is 2. The van der Waals surface area contributed by atoms with Crippen molar-refractivity contribution in [3.63, 3.8) is 0 Å². The molecule has 0 saturated carbocycles. The summed E-state index contributed by atoms with van der Waals surface area (Å²) in [4.78, 5) is 16.5. The quantitative estimate of drug-likeness (QED) is 0.793. The fraction of sp³-hybridized carbons (Fsp3) is 0.923. The van der Waals surface area contributed by atoms with Crippen molar-refractivity contribution in [2.75, 3.05) is 26.2 Å². The van der Waals surface area contributed by atoms with E-state index in [-0.39, 0.29) is 0 Å². The third-order valence-electron chi connectivity index (χ3n) is 4.24. The van der Waals surface area contributed by atoms with Crippen LogP contribution in [0.5, 0.6) is 0 Å². The summed E-state index contributed by atoms with van der Waals surface area (Å²) in [6.07, 6.45) is 5.93. The van der Waals surface area contributed by atoms with Gasteiger partial charge < -0.3 is 10.6 Å². The molecule has 2 saturated heterocycles. The minimum Gasteiger partial charge on any atom is -0.342 e. The molecule has 0 aromatic carbocycles. The first-order valence-electron chi connectivity index (χ1n) is 6.96. The summed E-state index contributed by atoms with van der Waals surface area (Å²) in [6, 6.07) is 0.911. The molecule has 2 aliphatic heterocycles. The van der Waals surface area contributed by atoms with Crippen molar-refractivity contribution in [1.82, 2.24) is 9.80 Å². The van der Waals surface area contributed by atoms with Gasteiger partial charge in [-0.1, -0.05) is 6.42 Å². The van der Waals surface area contributed by atoms with Crippen LogP contribution in [-0.4, -0.2) is 54.0 Å². The second kappa shape index (κ2) is 5.83. The van der Waals surface area contributed by atoms with Crippen LogP contribution in [0.1, 0.15) is 39.0 Å². The number of piperidine rings is 1. The SMILES string of the molecule is CC1CCCC(CN)N1CC(=O)N1CCCC1. The number of amides is 1. The highest BCUT2D eigenvalue weighted by Gasteiger charge is 2.30. The molecule has 0 spiro atoms. The molecular formula is C13H25N3O. The van der Waals surface area contributed by atoms with Gasteiger partial charge in [0.15, 0.2) is 0 Å². The zero-order valence-corrected chi connectivity index (χ0v) is 10.9. The zero-order chi connectivity index (χ0) is 12.3. The van der Waals surface area contributed by atoms with Gasteiger partial charge in [-0.25, -0.2) is 0 Å². The predicted octanol–water partition coefficient (Wildman–Crippen LogP) is 0.811. The Hall–Kier alpha value is -0.610. The van der Waals surface area contributed by atoms with E-state index in [0.717, 1.165) is 19.5 Å². The van der Waals surface area contributed by atoms with E-state index in [1.165, 1.54) is 25.7 Å². The van der Waals surface area contributed by atoms with E-state index >= 15 is 0 Å². The van der Waals surface area contributed by atoms with E-state index < -0.39 is 0 Å². The molecule has 2 aliphatic rings. The van der Waals surface area contributed by atoms with Crippen molar-refractivity contribution < 1.29 is 4.79 Å². The minimum atomic E-state index is 0.301. The lowest BCUT2D eigenvalue weighted by Crippen LogP contribution is -2.52. The van der Waals surface area contributed by atoms with Crippen molar-refractivity contribution in [3.05, 3.63) is 0 Å². The lowest BCUT2D eigenvalue weighted by Gasteiger charge is -2.40. The van der Waals surface area contributed by atoms with Gasteiger partial charge in [-0.2, -0.15) is 0 Å². The van der Waals surface area contributed by atoms with E-state index in [0.29, 0.717) is 31.1 Å². The normalized spacial score (nSPS) is 30.8. The molecule has 2 rings (SSSR count). The molecule has 17 heavy (non-hydrogen) atoms. The molecule has 0 aliphatic carbocycles. The Morgan fingerprint density at radius 2 is 1.94 bits per heavy atom. The highest BCUT2D eigenvalue weighted by Crippen LogP contribution is 2.22.